The van der Waals surface area contributed by atoms with E-state index in [0.29, 0.717) is 12.4 Å². The summed E-state index contributed by atoms with van der Waals surface area (Å²) in [7, 11) is 1.58. The van der Waals surface area contributed by atoms with Crippen molar-refractivity contribution >= 4 is 11.8 Å². The van der Waals surface area contributed by atoms with E-state index in [9.17, 15) is 9.90 Å². The van der Waals surface area contributed by atoms with Gasteiger partial charge in [0.05, 0.1) is 20.3 Å². The van der Waals surface area contributed by atoms with Gasteiger partial charge in [0.2, 0.25) is 5.88 Å². The van der Waals surface area contributed by atoms with Crippen LogP contribution in [0.3, 0.4) is 0 Å². The molecule has 7 heteroatoms. The number of aromatic nitrogens is 1. The number of aliphatic hydroxyl groups is 1. The average molecular weight is 416 g/mol. The molecule has 1 aromatic carbocycles. The molecule has 1 atom stereocenters. The van der Waals surface area contributed by atoms with E-state index in [2.05, 4.69) is 11.1 Å². The van der Waals surface area contributed by atoms with Gasteiger partial charge in [-0.3, -0.25) is 0 Å². The van der Waals surface area contributed by atoms with Crippen LogP contribution in [0.25, 0.3) is 11.1 Å². The fraction of sp³-hybridized carbons (Fsp3) is 0.333. The van der Waals surface area contributed by atoms with Crippen LogP contribution in [0.1, 0.15) is 11.1 Å². The second-order valence-electron chi connectivity index (χ2n) is 5.73. The summed E-state index contributed by atoms with van der Waals surface area (Å²) in [6.07, 6.45) is 0.814. The molecule has 0 aliphatic carbocycles. The summed E-state index contributed by atoms with van der Waals surface area (Å²) in [5, 5.41) is 9.18. The molecule has 1 N–H and O–H groups in total. The number of cyclic esters (lactones) is 1. The number of hydrogen-bond donors (Lipinski definition) is 1. The number of amides is 1. The second kappa shape index (κ2) is 8.26. The SMILES string of the molecule is COc1ccc(-c2[c-]c(C)c(N3C[C@H](CO)OC3=O)cc2C)cn1.[Y]. The van der Waals surface area contributed by atoms with Crippen LogP contribution in [0, 0.1) is 19.9 Å². The normalized spacial score (nSPS) is 16.4. The Hall–Kier alpha value is -1.50. The van der Waals surface area contributed by atoms with Gasteiger partial charge in [-0.25, -0.2) is 9.78 Å². The van der Waals surface area contributed by atoms with Crippen LogP contribution in [0.2, 0.25) is 0 Å². The first-order valence-electron chi connectivity index (χ1n) is 7.66. The van der Waals surface area contributed by atoms with Gasteiger partial charge in [-0.05, 0) is 18.0 Å². The van der Waals surface area contributed by atoms with Gasteiger partial charge in [-0.2, -0.15) is 0 Å². The number of carbonyl (C=O) groups is 1. The number of carbonyl (C=O) groups excluding carboxylic acids is 1. The number of anilines is 1. The van der Waals surface area contributed by atoms with E-state index < -0.39 is 12.2 Å². The summed E-state index contributed by atoms with van der Waals surface area (Å²) >= 11 is 0. The van der Waals surface area contributed by atoms with E-state index in [1.54, 1.807) is 19.4 Å². The number of nitrogens with zero attached hydrogens (tertiary/aromatic N) is 2. The maximum Gasteiger partial charge on any atom is 0.406 e. The van der Waals surface area contributed by atoms with Crippen molar-refractivity contribution in [3.05, 3.63) is 41.6 Å². The molecular formula is C18H19N2O4Y-. The van der Waals surface area contributed by atoms with Gasteiger partial charge in [0.1, 0.15) is 6.10 Å². The molecule has 1 saturated heterocycles. The number of aryl methyl sites for hydroxylation is 2. The first-order chi connectivity index (χ1) is 11.5. The Morgan fingerprint density at radius 2 is 2.20 bits per heavy atom. The average Bonchev–Trinajstić information content (AvgIpc) is 2.97. The monoisotopic (exact) mass is 416 g/mol. The molecule has 6 nitrogen and oxygen atoms in total. The molecule has 1 aromatic heterocycles. The summed E-state index contributed by atoms with van der Waals surface area (Å²) in [6, 6.07) is 9.00. The number of aliphatic hydroxyl groups excluding tert-OH is 1. The summed E-state index contributed by atoms with van der Waals surface area (Å²) in [4.78, 5) is 17.7. The Morgan fingerprint density at radius 3 is 2.76 bits per heavy atom. The van der Waals surface area contributed by atoms with E-state index in [0.717, 1.165) is 27.9 Å². The van der Waals surface area contributed by atoms with Crippen LogP contribution in [0.5, 0.6) is 5.88 Å². The van der Waals surface area contributed by atoms with Gasteiger partial charge >= 0.3 is 6.09 Å². The van der Waals surface area contributed by atoms with Gasteiger partial charge in [0, 0.05) is 32.7 Å². The molecule has 0 unspecified atom stereocenters. The minimum atomic E-state index is -0.484. The third-order valence-electron chi connectivity index (χ3n) is 4.05. The Bertz CT molecular complexity index is 764. The van der Waals surface area contributed by atoms with Crippen LogP contribution in [-0.4, -0.2) is 42.5 Å². The van der Waals surface area contributed by atoms with Crippen LogP contribution in [-0.2, 0) is 37.4 Å². The van der Waals surface area contributed by atoms with Crippen LogP contribution in [0.4, 0.5) is 10.5 Å². The van der Waals surface area contributed by atoms with Crippen LogP contribution in [0.15, 0.2) is 24.4 Å². The molecule has 2 aromatic rings. The van der Waals surface area contributed by atoms with Crippen molar-refractivity contribution in [2.24, 2.45) is 0 Å². The molecule has 1 fully saturated rings. The molecule has 0 saturated carbocycles. The van der Waals surface area contributed by atoms with E-state index >= 15 is 0 Å². The first kappa shape index (κ1) is 19.8. The summed E-state index contributed by atoms with van der Waals surface area (Å²) in [5.74, 6) is 0.555. The van der Waals surface area contributed by atoms with Crippen LogP contribution >= 0.6 is 0 Å². The molecule has 0 bridgehead atoms. The topological polar surface area (TPSA) is 71.9 Å². The zero-order valence-electron chi connectivity index (χ0n) is 14.4. The number of ether oxygens (including phenoxy) is 2. The minimum Gasteiger partial charge on any atom is -0.481 e. The molecule has 1 aliphatic heterocycles. The maximum atomic E-state index is 12.0. The van der Waals surface area contributed by atoms with Crippen molar-refractivity contribution in [1.29, 1.82) is 0 Å². The zero-order chi connectivity index (χ0) is 17.3. The summed E-state index contributed by atoms with van der Waals surface area (Å²) < 4.78 is 10.2. The summed E-state index contributed by atoms with van der Waals surface area (Å²) in [6.45, 7) is 4.02. The number of rotatable bonds is 4. The fourth-order valence-electron chi connectivity index (χ4n) is 2.78. The zero-order valence-corrected chi connectivity index (χ0v) is 17.3. The third kappa shape index (κ3) is 4.02. The van der Waals surface area contributed by atoms with E-state index in [-0.39, 0.29) is 39.3 Å². The van der Waals surface area contributed by atoms with E-state index in [1.165, 1.54) is 4.90 Å². The molecule has 0 spiro atoms. The quantitative estimate of drug-likeness (QED) is 0.776. The van der Waals surface area contributed by atoms with Gasteiger partial charge in [0.25, 0.3) is 0 Å². The fourth-order valence-corrected chi connectivity index (χ4v) is 2.78. The van der Waals surface area contributed by atoms with Crippen molar-refractivity contribution in [3.63, 3.8) is 0 Å². The standard InChI is InChI=1S/C18H19N2O4.Y/c1-11-7-16(20-9-14(10-21)24-18(20)22)12(2)6-15(11)13-4-5-17(23-3)19-8-13;/h4-5,7-8,14,21H,9-10H2,1-3H3;/q-1;/t14-;/m1./s1. The predicted molar refractivity (Wildman–Crippen MR) is 89.2 cm³/mol. The van der Waals surface area contributed by atoms with Crippen LogP contribution < -0.4 is 9.64 Å². The number of benzene rings is 1. The molecule has 129 valence electrons. The Kier molecular flexibility index (Phi) is 6.55. The maximum absolute atomic E-state index is 12.0. The van der Waals surface area contributed by atoms with Crippen molar-refractivity contribution in [1.82, 2.24) is 4.98 Å². The van der Waals surface area contributed by atoms with Gasteiger partial charge in [0.15, 0.2) is 0 Å². The third-order valence-corrected chi connectivity index (χ3v) is 4.05. The van der Waals surface area contributed by atoms with Crippen molar-refractivity contribution in [2.45, 2.75) is 20.0 Å². The molecule has 2 heterocycles. The number of methoxy groups -OCH3 is 1. The molecule has 1 radical (unpaired) electrons. The van der Waals surface area contributed by atoms with E-state index in [1.807, 2.05) is 26.0 Å². The largest absolute Gasteiger partial charge is 0.481 e. The molecule has 3 rings (SSSR count). The Labute approximate surface area is 172 Å². The van der Waals surface area contributed by atoms with Crippen molar-refractivity contribution < 1.29 is 52.1 Å². The Balaban J connectivity index is 0.00000225. The molecular weight excluding hydrogens is 397 g/mol. The van der Waals surface area contributed by atoms with Gasteiger partial charge in [-0.15, -0.1) is 28.8 Å². The predicted octanol–water partition coefficient (Wildman–Crippen LogP) is 2.49. The second-order valence-corrected chi connectivity index (χ2v) is 5.73. The number of hydrogen-bond acceptors (Lipinski definition) is 5. The molecule has 1 aliphatic rings. The molecule has 1 amide bonds. The Morgan fingerprint density at radius 1 is 1.44 bits per heavy atom. The van der Waals surface area contributed by atoms with Crippen molar-refractivity contribution in [2.75, 3.05) is 25.2 Å². The first-order valence-corrected chi connectivity index (χ1v) is 7.66. The van der Waals surface area contributed by atoms with Crippen molar-refractivity contribution in [3.8, 4) is 17.0 Å². The summed E-state index contributed by atoms with van der Waals surface area (Å²) in [5.41, 5.74) is 4.42. The number of pyridine rings is 1. The van der Waals surface area contributed by atoms with Gasteiger partial charge < -0.3 is 19.5 Å². The minimum absolute atomic E-state index is 0. The van der Waals surface area contributed by atoms with E-state index in [4.69, 9.17) is 9.47 Å². The van der Waals surface area contributed by atoms with Gasteiger partial charge in [-0.1, -0.05) is 25.5 Å². The molecule has 25 heavy (non-hydrogen) atoms. The smallest absolute Gasteiger partial charge is 0.406 e.